The van der Waals surface area contributed by atoms with Gasteiger partial charge < -0.3 is 19.7 Å². The maximum atomic E-state index is 12.2. The second-order valence-corrected chi connectivity index (χ2v) is 9.26. The number of rotatable bonds is 8. The number of ketones is 1. The van der Waals surface area contributed by atoms with E-state index in [2.05, 4.69) is 32.9 Å². The summed E-state index contributed by atoms with van der Waals surface area (Å²) in [7, 11) is 0. The van der Waals surface area contributed by atoms with E-state index in [-0.39, 0.29) is 5.41 Å². The van der Waals surface area contributed by atoms with Crippen LogP contribution in [0.15, 0.2) is 58.7 Å². The lowest BCUT2D eigenvalue weighted by Crippen LogP contribution is -2.41. The molecule has 0 spiro atoms. The number of Topliss-reactive ketones (excluding diaryl/α,β-unsaturated/α-hetero) is 1. The molecule has 7 heteroatoms. The van der Waals surface area contributed by atoms with Crippen molar-refractivity contribution in [3.8, 4) is 0 Å². The molecule has 33 heavy (non-hydrogen) atoms. The van der Waals surface area contributed by atoms with Crippen molar-refractivity contribution < 1.29 is 34.1 Å². The Morgan fingerprint density at radius 1 is 1.24 bits per heavy atom. The van der Waals surface area contributed by atoms with E-state index in [0.717, 1.165) is 12.0 Å². The molecule has 0 saturated carbocycles. The molecule has 1 aliphatic heterocycles. The van der Waals surface area contributed by atoms with E-state index in [1.54, 1.807) is 19.1 Å². The van der Waals surface area contributed by atoms with Crippen LogP contribution in [-0.4, -0.2) is 52.9 Å². The lowest BCUT2D eigenvalue weighted by Gasteiger charge is -2.32. The van der Waals surface area contributed by atoms with Gasteiger partial charge in [0.05, 0.1) is 6.61 Å². The van der Waals surface area contributed by atoms with Gasteiger partial charge in [-0.05, 0) is 56.6 Å². The van der Waals surface area contributed by atoms with Gasteiger partial charge in [-0.15, -0.1) is 0 Å². The summed E-state index contributed by atoms with van der Waals surface area (Å²) in [6.45, 7) is 9.68. The highest BCUT2D eigenvalue weighted by Crippen LogP contribution is 2.40. The average Bonchev–Trinajstić information content (AvgIpc) is 3.00. The summed E-state index contributed by atoms with van der Waals surface area (Å²) in [6, 6.07) is 0. The first kappa shape index (κ1) is 26.5. The van der Waals surface area contributed by atoms with Gasteiger partial charge in [-0.3, -0.25) is 4.79 Å². The largest absolute Gasteiger partial charge is 0.449 e. The predicted molar refractivity (Wildman–Crippen MR) is 124 cm³/mol. The van der Waals surface area contributed by atoms with Crippen molar-refractivity contribution in [3.05, 3.63) is 58.7 Å². The Balaban J connectivity index is 2.00. The molecule has 0 aromatic rings. The molecule has 2 N–H and O–H groups in total. The summed E-state index contributed by atoms with van der Waals surface area (Å²) in [4.78, 5) is 35.4. The van der Waals surface area contributed by atoms with Crippen LogP contribution in [0.1, 0.15) is 53.9 Å². The zero-order valence-electron chi connectivity index (χ0n) is 20.0. The Hall–Kier alpha value is -2.77. The van der Waals surface area contributed by atoms with Gasteiger partial charge >= 0.3 is 11.9 Å². The number of carbonyl (C=O) groups is 3. The molecule has 3 atom stereocenters. The summed E-state index contributed by atoms with van der Waals surface area (Å²) in [5.74, 6) is -3.13. The van der Waals surface area contributed by atoms with Gasteiger partial charge in [0.2, 0.25) is 6.10 Å². The molecule has 1 unspecified atom stereocenters. The van der Waals surface area contributed by atoms with Crippen LogP contribution in [-0.2, 0) is 23.9 Å². The molecule has 1 aliphatic carbocycles. The molecule has 0 radical (unpaired) electrons. The molecule has 1 saturated heterocycles. The normalized spacial score (nSPS) is 25.2. The van der Waals surface area contributed by atoms with Crippen LogP contribution in [0.4, 0.5) is 0 Å². The van der Waals surface area contributed by atoms with Crippen LogP contribution in [0.2, 0.25) is 0 Å². The minimum absolute atomic E-state index is 0.178. The highest BCUT2D eigenvalue weighted by atomic mass is 16.6. The number of ether oxygens (including phenoxy) is 2. The van der Waals surface area contributed by atoms with Gasteiger partial charge in [0, 0.05) is 6.08 Å². The van der Waals surface area contributed by atoms with Gasteiger partial charge in [0.15, 0.2) is 6.10 Å². The molecule has 1 fully saturated rings. The van der Waals surface area contributed by atoms with Crippen LogP contribution < -0.4 is 0 Å². The Bertz CT molecular complexity index is 930. The lowest BCUT2D eigenvalue weighted by atomic mass is 9.72. The average molecular weight is 459 g/mol. The number of aliphatic hydroxyl groups is 2. The quantitative estimate of drug-likeness (QED) is 0.249. The van der Waals surface area contributed by atoms with E-state index < -0.39 is 42.6 Å². The fourth-order valence-electron chi connectivity index (χ4n) is 4.04. The van der Waals surface area contributed by atoms with Crippen molar-refractivity contribution in [3.63, 3.8) is 0 Å². The third-order valence-corrected chi connectivity index (χ3v) is 5.93. The van der Waals surface area contributed by atoms with Gasteiger partial charge in [0.1, 0.15) is 6.10 Å². The number of allylic oxidation sites excluding steroid dienone is 9. The molecule has 0 aromatic carbocycles. The maximum absolute atomic E-state index is 12.2. The number of cyclic esters (lactones) is 1. The lowest BCUT2D eigenvalue weighted by molar-refractivity contribution is -0.156. The summed E-state index contributed by atoms with van der Waals surface area (Å²) >= 11 is 0. The monoisotopic (exact) mass is 458 g/mol. The highest BCUT2D eigenvalue weighted by molar-refractivity contribution is 6.37. The van der Waals surface area contributed by atoms with Crippen molar-refractivity contribution in [2.24, 2.45) is 5.41 Å². The summed E-state index contributed by atoms with van der Waals surface area (Å²) in [6.07, 6.45) is 9.89. The van der Waals surface area contributed by atoms with E-state index in [0.29, 0.717) is 5.57 Å². The standard InChI is InChI=1S/C26H34O7/c1-16(11-12-19-18(3)10-7-13-26(19,4)5)8-6-9-17(2)14-21(29)32-24-22(30)25(31)33-23(24)20(28)15-27/h6,8-9,11-12,14,20,23-24,27-28H,7,10,13,15H2,1-5H3/t20-,23+,24?/m0/s1. The van der Waals surface area contributed by atoms with Crippen LogP contribution in [0.5, 0.6) is 0 Å². The maximum Gasteiger partial charge on any atom is 0.379 e. The third-order valence-electron chi connectivity index (χ3n) is 5.93. The van der Waals surface area contributed by atoms with Crippen molar-refractivity contribution in [2.75, 3.05) is 6.61 Å². The van der Waals surface area contributed by atoms with Crippen molar-refractivity contribution in [2.45, 2.75) is 72.2 Å². The smallest absolute Gasteiger partial charge is 0.379 e. The van der Waals surface area contributed by atoms with Crippen molar-refractivity contribution >= 4 is 17.7 Å². The second-order valence-electron chi connectivity index (χ2n) is 9.26. The highest BCUT2D eigenvalue weighted by Gasteiger charge is 2.49. The van der Waals surface area contributed by atoms with E-state index in [9.17, 15) is 19.5 Å². The summed E-state index contributed by atoms with van der Waals surface area (Å²) in [5.41, 5.74) is 4.62. The van der Waals surface area contributed by atoms with E-state index in [1.165, 1.54) is 30.1 Å². The molecule has 2 aliphatic rings. The Morgan fingerprint density at radius 2 is 1.94 bits per heavy atom. The summed E-state index contributed by atoms with van der Waals surface area (Å²) < 4.78 is 9.71. The third kappa shape index (κ3) is 7.11. The molecule has 0 bridgehead atoms. The predicted octanol–water partition coefficient (Wildman–Crippen LogP) is 3.28. The van der Waals surface area contributed by atoms with E-state index >= 15 is 0 Å². The number of aliphatic hydroxyl groups excluding tert-OH is 2. The molecular weight excluding hydrogens is 424 g/mol. The molecule has 1 heterocycles. The van der Waals surface area contributed by atoms with Gasteiger partial charge in [-0.2, -0.15) is 0 Å². The minimum Gasteiger partial charge on any atom is -0.449 e. The second kappa shape index (κ2) is 11.4. The van der Waals surface area contributed by atoms with Gasteiger partial charge in [0.25, 0.3) is 5.78 Å². The molecular formula is C26H34O7. The number of hydrogen-bond donors (Lipinski definition) is 2. The number of carbonyl (C=O) groups excluding carboxylic acids is 3. The first-order valence-corrected chi connectivity index (χ1v) is 11.1. The Labute approximate surface area is 195 Å². The molecule has 7 nitrogen and oxygen atoms in total. The van der Waals surface area contributed by atoms with Crippen LogP contribution in [0.3, 0.4) is 0 Å². The van der Waals surface area contributed by atoms with Gasteiger partial charge in [-0.25, -0.2) is 9.59 Å². The Morgan fingerprint density at radius 3 is 2.58 bits per heavy atom. The van der Waals surface area contributed by atoms with Crippen LogP contribution in [0.25, 0.3) is 0 Å². The molecule has 2 rings (SSSR count). The fourth-order valence-corrected chi connectivity index (χ4v) is 4.04. The van der Waals surface area contributed by atoms with Gasteiger partial charge in [-0.1, -0.05) is 55.4 Å². The SMILES string of the molecule is CC(C=CC1=C(C)CCCC1(C)C)=CC=CC(C)=CC(=O)OC1C(=O)C(=O)O[C@@H]1[C@@H](O)CO. The first-order chi connectivity index (χ1) is 15.5. The fraction of sp³-hybridized carbons (Fsp3) is 0.500. The molecule has 180 valence electrons. The minimum atomic E-state index is -1.59. The van der Waals surface area contributed by atoms with E-state index in [4.69, 9.17) is 14.6 Å². The number of esters is 2. The van der Waals surface area contributed by atoms with Crippen molar-refractivity contribution in [1.29, 1.82) is 0 Å². The first-order valence-electron chi connectivity index (χ1n) is 11.1. The van der Waals surface area contributed by atoms with Crippen LogP contribution in [0, 0.1) is 5.41 Å². The number of hydrogen-bond acceptors (Lipinski definition) is 7. The van der Waals surface area contributed by atoms with E-state index in [1.807, 2.05) is 13.0 Å². The summed E-state index contributed by atoms with van der Waals surface area (Å²) in [5, 5.41) is 18.7. The Kier molecular flexibility index (Phi) is 9.14. The topological polar surface area (TPSA) is 110 Å². The zero-order valence-corrected chi connectivity index (χ0v) is 20.0. The molecule has 0 amide bonds. The zero-order chi connectivity index (χ0) is 24.8. The van der Waals surface area contributed by atoms with Crippen molar-refractivity contribution in [1.82, 2.24) is 0 Å². The molecule has 0 aromatic heterocycles. The van der Waals surface area contributed by atoms with Crippen LogP contribution >= 0.6 is 0 Å².